The van der Waals surface area contributed by atoms with Gasteiger partial charge in [-0.2, -0.15) is 0 Å². The van der Waals surface area contributed by atoms with E-state index in [1.807, 2.05) is 0 Å². The van der Waals surface area contributed by atoms with Crippen molar-refractivity contribution in [1.29, 1.82) is 0 Å². The van der Waals surface area contributed by atoms with Gasteiger partial charge >= 0.3 is 5.97 Å². The Morgan fingerprint density at radius 2 is 1.80 bits per heavy atom. The number of carboxylic acid groups (broad SMARTS) is 1. The van der Waals surface area contributed by atoms with Crippen LogP contribution in [0.25, 0.3) is 5.76 Å². The summed E-state index contributed by atoms with van der Waals surface area (Å²) in [5.41, 5.74) is -0.216. The zero-order valence-corrected chi connectivity index (χ0v) is 7.48. The summed E-state index contributed by atoms with van der Waals surface area (Å²) >= 11 is 0. The smallest absolute Gasteiger partial charge is 0.376 e. The Kier molecular flexibility index (Phi) is 3.17. The van der Waals surface area contributed by atoms with Gasteiger partial charge in [-0.1, -0.05) is 12.1 Å². The van der Waals surface area contributed by atoms with E-state index in [4.69, 9.17) is 5.11 Å². The van der Waals surface area contributed by atoms with Gasteiger partial charge in [-0.3, -0.25) is 4.79 Å². The Morgan fingerprint density at radius 3 is 2.33 bits per heavy atom. The van der Waals surface area contributed by atoms with E-state index in [0.29, 0.717) is 6.08 Å². The monoisotopic (exact) mass is 210 g/mol. The fraction of sp³-hybridized carbons (Fsp3) is 0. The van der Waals surface area contributed by atoms with Crippen LogP contribution < -0.4 is 0 Å². The van der Waals surface area contributed by atoms with Crippen LogP contribution in [-0.4, -0.2) is 22.0 Å². The number of aliphatic hydroxyl groups excluding tert-OH is 1. The average molecular weight is 210 g/mol. The van der Waals surface area contributed by atoms with E-state index in [2.05, 4.69) is 0 Å². The van der Waals surface area contributed by atoms with E-state index >= 15 is 0 Å². The first-order valence-corrected chi connectivity index (χ1v) is 3.95. The van der Waals surface area contributed by atoms with Crippen LogP contribution in [0.2, 0.25) is 0 Å². The van der Waals surface area contributed by atoms with Crippen molar-refractivity contribution in [2.24, 2.45) is 0 Å². The van der Waals surface area contributed by atoms with Gasteiger partial charge in [-0.25, -0.2) is 9.18 Å². The number of halogens is 1. The summed E-state index contributed by atoms with van der Waals surface area (Å²) in [6.07, 6.45) is 0.459. The second-order valence-corrected chi connectivity index (χ2v) is 2.68. The molecule has 1 rings (SSSR count). The first-order valence-electron chi connectivity index (χ1n) is 3.95. The largest absolute Gasteiger partial charge is 0.507 e. The molecule has 78 valence electrons. The highest BCUT2D eigenvalue weighted by atomic mass is 19.1. The molecule has 5 heteroatoms. The molecule has 1 aromatic rings. The lowest BCUT2D eigenvalue weighted by Gasteiger charge is -2.00. The molecule has 0 aliphatic heterocycles. The zero-order chi connectivity index (χ0) is 11.4. The molecule has 4 nitrogen and oxygen atoms in total. The van der Waals surface area contributed by atoms with E-state index < -0.39 is 23.3 Å². The van der Waals surface area contributed by atoms with Gasteiger partial charge in [0.1, 0.15) is 11.6 Å². The fourth-order valence-electron chi connectivity index (χ4n) is 0.933. The summed E-state index contributed by atoms with van der Waals surface area (Å²) < 4.78 is 13.0. The van der Waals surface area contributed by atoms with Crippen molar-refractivity contribution < 1.29 is 24.2 Å². The number of benzene rings is 1. The van der Waals surface area contributed by atoms with Crippen molar-refractivity contribution in [3.05, 3.63) is 41.7 Å². The van der Waals surface area contributed by atoms with Gasteiger partial charge in [0.15, 0.2) is 0 Å². The maximum Gasteiger partial charge on any atom is 0.376 e. The van der Waals surface area contributed by atoms with Crippen LogP contribution in [-0.2, 0) is 9.59 Å². The van der Waals surface area contributed by atoms with Crippen molar-refractivity contribution in [3.63, 3.8) is 0 Å². The number of aliphatic carboxylic acids is 1. The molecular weight excluding hydrogens is 203 g/mol. The number of carbonyl (C=O) groups excluding carboxylic acids is 1. The molecule has 0 aliphatic carbocycles. The lowest BCUT2D eigenvalue weighted by Crippen LogP contribution is -2.09. The van der Waals surface area contributed by atoms with Crippen molar-refractivity contribution in [3.8, 4) is 0 Å². The molecule has 0 atom stereocenters. The molecule has 0 radical (unpaired) electrons. The molecule has 0 unspecified atom stereocenters. The maximum atomic E-state index is 13.0. The third kappa shape index (κ3) is 2.63. The Balaban J connectivity index is 3.05. The van der Waals surface area contributed by atoms with Crippen LogP contribution in [0.4, 0.5) is 4.39 Å². The standard InChI is InChI=1S/C10H7FO4/c11-7-4-2-1-3-6(7)8(12)5-9(13)10(14)15/h1-5,12H,(H,14,15)/b8-5-. The molecule has 0 bridgehead atoms. The minimum absolute atomic E-state index is 0.216. The lowest BCUT2D eigenvalue weighted by atomic mass is 10.1. The van der Waals surface area contributed by atoms with Gasteiger partial charge < -0.3 is 10.2 Å². The fourth-order valence-corrected chi connectivity index (χ4v) is 0.933. The van der Waals surface area contributed by atoms with E-state index in [1.54, 1.807) is 0 Å². The number of hydrogen-bond donors (Lipinski definition) is 2. The molecule has 0 spiro atoms. The average Bonchev–Trinajstić information content (AvgIpc) is 2.18. The summed E-state index contributed by atoms with van der Waals surface area (Å²) in [6.45, 7) is 0. The molecule has 0 amide bonds. The molecule has 0 saturated heterocycles. The third-order valence-corrected chi connectivity index (χ3v) is 1.63. The molecule has 0 heterocycles. The van der Waals surface area contributed by atoms with Crippen LogP contribution in [0.5, 0.6) is 0 Å². The normalized spacial score (nSPS) is 11.1. The van der Waals surface area contributed by atoms with Crippen molar-refractivity contribution in [1.82, 2.24) is 0 Å². The highest BCUT2D eigenvalue weighted by Gasteiger charge is 2.12. The van der Waals surface area contributed by atoms with E-state index in [0.717, 1.165) is 6.07 Å². The second kappa shape index (κ2) is 4.36. The van der Waals surface area contributed by atoms with E-state index in [9.17, 15) is 19.1 Å². The minimum atomic E-state index is -1.71. The predicted molar refractivity (Wildman–Crippen MR) is 49.6 cm³/mol. The van der Waals surface area contributed by atoms with Gasteiger partial charge in [-0.05, 0) is 12.1 Å². The van der Waals surface area contributed by atoms with Gasteiger partial charge in [-0.15, -0.1) is 0 Å². The lowest BCUT2D eigenvalue weighted by molar-refractivity contribution is -0.146. The van der Waals surface area contributed by atoms with Gasteiger partial charge in [0, 0.05) is 6.08 Å². The summed E-state index contributed by atoms with van der Waals surface area (Å²) in [7, 11) is 0. The minimum Gasteiger partial charge on any atom is -0.507 e. The SMILES string of the molecule is O=C(O)C(=O)/C=C(\O)c1ccccc1F. The van der Waals surface area contributed by atoms with Gasteiger partial charge in [0.05, 0.1) is 5.56 Å². The van der Waals surface area contributed by atoms with E-state index in [-0.39, 0.29) is 5.56 Å². The molecule has 0 aliphatic rings. The number of rotatable bonds is 3. The van der Waals surface area contributed by atoms with Crippen LogP contribution in [0.3, 0.4) is 0 Å². The quantitative estimate of drug-likeness (QED) is 0.449. The van der Waals surface area contributed by atoms with Crippen LogP contribution in [0.1, 0.15) is 5.56 Å². The van der Waals surface area contributed by atoms with Crippen LogP contribution in [0, 0.1) is 5.82 Å². The molecule has 0 fully saturated rings. The Morgan fingerprint density at radius 1 is 1.20 bits per heavy atom. The van der Waals surface area contributed by atoms with Gasteiger partial charge in [0.2, 0.25) is 0 Å². The summed E-state index contributed by atoms with van der Waals surface area (Å²) in [5, 5.41) is 17.5. The van der Waals surface area contributed by atoms with Crippen molar-refractivity contribution in [2.45, 2.75) is 0 Å². The number of hydrogen-bond acceptors (Lipinski definition) is 3. The number of ketones is 1. The molecule has 0 saturated carbocycles. The zero-order valence-electron chi connectivity index (χ0n) is 7.48. The van der Waals surface area contributed by atoms with Crippen molar-refractivity contribution >= 4 is 17.5 Å². The Hall–Kier alpha value is -2.17. The summed E-state index contributed by atoms with van der Waals surface area (Å²) in [4.78, 5) is 20.8. The Bertz CT molecular complexity index is 437. The molecule has 1 aromatic carbocycles. The first kappa shape index (κ1) is 10.9. The van der Waals surface area contributed by atoms with E-state index in [1.165, 1.54) is 18.2 Å². The highest BCUT2D eigenvalue weighted by molar-refractivity contribution is 6.38. The van der Waals surface area contributed by atoms with Crippen molar-refractivity contribution in [2.75, 3.05) is 0 Å². The second-order valence-electron chi connectivity index (χ2n) is 2.68. The molecule has 2 N–H and O–H groups in total. The van der Waals surface area contributed by atoms with Gasteiger partial charge in [0.25, 0.3) is 5.78 Å². The summed E-state index contributed by atoms with van der Waals surface area (Å²) in [5.74, 6) is -4.46. The number of carbonyl (C=O) groups is 2. The number of aliphatic hydroxyl groups is 1. The molecule has 0 aromatic heterocycles. The maximum absolute atomic E-state index is 13.0. The summed E-state index contributed by atoms with van der Waals surface area (Å²) in [6, 6.07) is 5.18. The van der Waals surface area contributed by atoms with Crippen LogP contribution >= 0.6 is 0 Å². The first-order chi connectivity index (χ1) is 7.02. The van der Waals surface area contributed by atoms with Crippen LogP contribution in [0.15, 0.2) is 30.3 Å². The molecular formula is C10H7FO4. The third-order valence-electron chi connectivity index (χ3n) is 1.63. The Labute approximate surface area is 84.3 Å². The topological polar surface area (TPSA) is 74.6 Å². The number of carboxylic acids is 1. The predicted octanol–water partition coefficient (Wildman–Crippen LogP) is 1.38. The molecule has 15 heavy (non-hydrogen) atoms. The highest BCUT2D eigenvalue weighted by Crippen LogP contribution is 2.14.